The maximum Gasteiger partial charge on any atom is 0.349 e. The number of fused-ring (bicyclic) bond motifs is 1. The molecule has 150 valence electrons. The third-order valence-electron chi connectivity index (χ3n) is 4.52. The lowest BCUT2D eigenvalue weighted by atomic mass is 10.0. The van der Waals surface area contributed by atoms with Crippen LogP contribution in [0.3, 0.4) is 0 Å². The number of ether oxygens (including phenoxy) is 2. The number of hydrogen-bond acceptors (Lipinski definition) is 5. The van der Waals surface area contributed by atoms with Crippen molar-refractivity contribution in [3.63, 3.8) is 0 Å². The summed E-state index contributed by atoms with van der Waals surface area (Å²) in [5.41, 5.74) is 1.51. The van der Waals surface area contributed by atoms with E-state index in [1.165, 1.54) is 6.07 Å². The molecule has 0 aliphatic heterocycles. The monoisotopic (exact) mass is 420 g/mol. The smallest absolute Gasteiger partial charge is 0.349 e. The number of para-hydroxylation sites is 1. The summed E-state index contributed by atoms with van der Waals surface area (Å²) >= 11 is 6.00. The molecule has 1 heterocycles. The first-order valence-corrected chi connectivity index (χ1v) is 9.61. The number of rotatable bonds is 5. The van der Waals surface area contributed by atoms with E-state index < -0.39 is 5.97 Å². The van der Waals surface area contributed by atoms with Crippen LogP contribution in [0, 0.1) is 6.92 Å². The van der Waals surface area contributed by atoms with Gasteiger partial charge in [0, 0.05) is 6.07 Å². The molecule has 6 heteroatoms. The minimum absolute atomic E-state index is 0.139. The van der Waals surface area contributed by atoms with Gasteiger partial charge in [-0.1, -0.05) is 54.1 Å². The van der Waals surface area contributed by atoms with E-state index in [0.717, 1.165) is 5.56 Å². The second-order valence-corrected chi connectivity index (χ2v) is 6.99. The quantitative estimate of drug-likeness (QED) is 0.319. The molecule has 0 atom stereocenters. The highest BCUT2D eigenvalue weighted by Crippen LogP contribution is 2.27. The van der Waals surface area contributed by atoms with Gasteiger partial charge >= 0.3 is 5.97 Å². The molecule has 0 saturated carbocycles. The maximum absolute atomic E-state index is 13.0. The summed E-state index contributed by atoms with van der Waals surface area (Å²) in [5, 5.41) is 0.814. The molecule has 0 aliphatic rings. The van der Waals surface area contributed by atoms with Gasteiger partial charge in [0.15, 0.2) is 6.61 Å². The average molecular weight is 421 g/mol. The van der Waals surface area contributed by atoms with Crippen molar-refractivity contribution in [1.29, 1.82) is 0 Å². The van der Waals surface area contributed by atoms with Crippen molar-refractivity contribution in [1.82, 2.24) is 0 Å². The van der Waals surface area contributed by atoms with E-state index in [4.69, 9.17) is 25.5 Å². The standard InChI is InChI=1S/C24H17ClO5/c1-15-23(16-7-3-2-4-8-16)24(27)18-12-11-17(13-21(18)29-15)30-22(26)14-28-20-10-6-5-9-19(20)25/h2-13H,14H2,1H3. The number of benzene rings is 3. The van der Waals surface area contributed by atoms with Crippen LogP contribution < -0.4 is 14.9 Å². The van der Waals surface area contributed by atoms with Crippen molar-refractivity contribution in [3.05, 3.63) is 93.8 Å². The molecule has 0 spiro atoms. The lowest BCUT2D eigenvalue weighted by Gasteiger charge is -2.10. The number of aryl methyl sites for hydroxylation is 1. The molecule has 0 unspecified atom stereocenters. The fourth-order valence-electron chi connectivity index (χ4n) is 3.15. The third kappa shape index (κ3) is 4.07. The van der Waals surface area contributed by atoms with E-state index in [0.29, 0.717) is 33.1 Å². The number of halogens is 1. The Morgan fingerprint density at radius 3 is 2.50 bits per heavy atom. The fraction of sp³-hybridized carbons (Fsp3) is 0.0833. The van der Waals surface area contributed by atoms with E-state index in [1.54, 1.807) is 43.3 Å². The van der Waals surface area contributed by atoms with Gasteiger partial charge in [-0.05, 0) is 36.8 Å². The molecule has 0 aliphatic carbocycles. The highest BCUT2D eigenvalue weighted by atomic mass is 35.5. The molecule has 30 heavy (non-hydrogen) atoms. The van der Waals surface area contributed by atoms with Gasteiger partial charge in [-0.15, -0.1) is 0 Å². The highest BCUT2D eigenvalue weighted by molar-refractivity contribution is 6.32. The van der Waals surface area contributed by atoms with E-state index >= 15 is 0 Å². The zero-order valence-electron chi connectivity index (χ0n) is 16.1. The molecule has 4 aromatic rings. The first-order chi connectivity index (χ1) is 14.5. The Hall–Kier alpha value is -3.57. The van der Waals surface area contributed by atoms with Crippen molar-refractivity contribution in [3.8, 4) is 22.6 Å². The van der Waals surface area contributed by atoms with Crippen LogP contribution in [0.25, 0.3) is 22.1 Å². The molecule has 0 amide bonds. The van der Waals surface area contributed by atoms with Gasteiger partial charge < -0.3 is 13.9 Å². The van der Waals surface area contributed by atoms with Gasteiger partial charge in [0.2, 0.25) is 5.43 Å². The summed E-state index contributed by atoms with van der Waals surface area (Å²) in [6.45, 7) is 1.43. The molecule has 1 aromatic heterocycles. The molecular weight excluding hydrogens is 404 g/mol. The second kappa shape index (κ2) is 8.43. The van der Waals surface area contributed by atoms with E-state index in [1.807, 2.05) is 30.3 Å². The summed E-state index contributed by atoms with van der Waals surface area (Å²) in [5.74, 6) is 0.536. The van der Waals surface area contributed by atoms with Crippen molar-refractivity contribution in [2.75, 3.05) is 6.61 Å². The lowest BCUT2D eigenvalue weighted by Crippen LogP contribution is -2.18. The van der Waals surface area contributed by atoms with Crippen molar-refractivity contribution < 1.29 is 18.7 Å². The predicted molar refractivity (Wildman–Crippen MR) is 115 cm³/mol. The van der Waals surface area contributed by atoms with Gasteiger partial charge in [-0.25, -0.2) is 4.79 Å². The average Bonchev–Trinajstić information content (AvgIpc) is 2.74. The Bertz CT molecular complexity index is 1280. The molecule has 3 aromatic carbocycles. The Morgan fingerprint density at radius 2 is 1.73 bits per heavy atom. The minimum atomic E-state index is -0.603. The molecule has 0 radical (unpaired) electrons. The highest BCUT2D eigenvalue weighted by Gasteiger charge is 2.15. The molecule has 0 saturated heterocycles. The number of hydrogen-bond donors (Lipinski definition) is 0. The number of carbonyl (C=O) groups excluding carboxylic acids is 1. The van der Waals surface area contributed by atoms with Crippen LogP contribution in [0.5, 0.6) is 11.5 Å². The molecule has 4 rings (SSSR count). The van der Waals surface area contributed by atoms with Gasteiger partial charge in [0.05, 0.1) is 16.0 Å². The molecule has 0 fully saturated rings. The fourth-order valence-corrected chi connectivity index (χ4v) is 3.34. The molecular formula is C24H17ClO5. The van der Waals surface area contributed by atoms with Crippen LogP contribution in [0.15, 0.2) is 82.0 Å². The Labute approximate surface area is 177 Å². The zero-order valence-corrected chi connectivity index (χ0v) is 16.8. The van der Waals surface area contributed by atoms with Crippen LogP contribution in [-0.4, -0.2) is 12.6 Å². The first-order valence-electron chi connectivity index (χ1n) is 9.24. The summed E-state index contributed by atoms with van der Waals surface area (Å²) in [6.07, 6.45) is 0. The first kappa shape index (κ1) is 19.7. The van der Waals surface area contributed by atoms with E-state index in [2.05, 4.69) is 0 Å². The summed E-state index contributed by atoms with van der Waals surface area (Å²) < 4.78 is 16.5. The number of carbonyl (C=O) groups is 1. The normalized spacial score (nSPS) is 10.7. The Morgan fingerprint density at radius 1 is 1.00 bits per heavy atom. The SMILES string of the molecule is Cc1oc2cc(OC(=O)COc3ccccc3Cl)ccc2c(=O)c1-c1ccccc1. The maximum atomic E-state index is 13.0. The van der Waals surface area contributed by atoms with Crippen LogP contribution >= 0.6 is 11.6 Å². The van der Waals surface area contributed by atoms with Gasteiger partial charge in [-0.2, -0.15) is 0 Å². The predicted octanol–water partition coefficient (Wildman–Crippen LogP) is 5.41. The Kier molecular flexibility index (Phi) is 5.55. The third-order valence-corrected chi connectivity index (χ3v) is 4.83. The van der Waals surface area contributed by atoms with Gasteiger partial charge in [0.25, 0.3) is 0 Å². The second-order valence-electron chi connectivity index (χ2n) is 6.58. The van der Waals surface area contributed by atoms with Crippen molar-refractivity contribution in [2.24, 2.45) is 0 Å². The Balaban J connectivity index is 1.56. The summed E-state index contributed by atoms with van der Waals surface area (Å²) in [6, 6.07) is 20.8. The molecule has 5 nitrogen and oxygen atoms in total. The van der Waals surface area contributed by atoms with Crippen molar-refractivity contribution >= 4 is 28.5 Å². The molecule has 0 N–H and O–H groups in total. The van der Waals surface area contributed by atoms with Gasteiger partial charge in [-0.3, -0.25) is 4.79 Å². The zero-order chi connectivity index (χ0) is 21.1. The van der Waals surface area contributed by atoms with Gasteiger partial charge in [0.1, 0.15) is 22.8 Å². The summed E-state index contributed by atoms with van der Waals surface area (Å²) in [7, 11) is 0. The van der Waals surface area contributed by atoms with Crippen LogP contribution in [0.1, 0.15) is 5.76 Å². The van der Waals surface area contributed by atoms with Crippen LogP contribution in [0.4, 0.5) is 0 Å². The number of esters is 1. The van der Waals surface area contributed by atoms with Crippen LogP contribution in [0.2, 0.25) is 5.02 Å². The van der Waals surface area contributed by atoms with Crippen molar-refractivity contribution in [2.45, 2.75) is 6.92 Å². The molecule has 0 bridgehead atoms. The van der Waals surface area contributed by atoms with E-state index in [-0.39, 0.29) is 17.8 Å². The van der Waals surface area contributed by atoms with Crippen LogP contribution in [-0.2, 0) is 4.79 Å². The summed E-state index contributed by atoms with van der Waals surface area (Å²) in [4.78, 5) is 25.1. The topological polar surface area (TPSA) is 65.7 Å². The largest absolute Gasteiger partial charge is 0.480 e. The lowest BCUT2D eigenvalue weighted by molar-refractivity contribution is -0.136. The van der Waals surface area contributed by atoms with E-state index in [9.17, 15) is 9.59 Å². The minimum Gasteiger partial charge on any atom is -0.480 e.